The zero-order valence-corrected chi connectivity index (χ0v) is 11.5. The average Bonchev–Trinajstić information content (AvgIpc) is 2.82. The zero-order chi connectivity index (χ0) is 13.2. The smallest absolute Gasteiger partial charge is 0.130 e. The summed E-state index contributed by atoms with van der Waals surface area (Å²) in [5, 5.41) is 11.7. The number of aliphatic hydroxyl groups excluding tert-OH is 1. The van der Waals surface area contributed by atoms with Crippen LogP contribution in [0.5, 0.6) is 0 Å². The molecule has 1 aromatic heterocycles. The van der Waals surface area contributed by atoms with Gasteiger partial charge in [-0.05, 0) is 18.9 Å². The molecule has 0 aliphatic carbocycles. The van der Waals surface area contributed by atoms with Gasteiger partial charge in [-0.15, -0.1) is 0 Å². The summed E-state index contributed by atoms with van der Waals surface area (Å²) < 4.78 is 0. The first-order chi connectivity index (χ1) is 9.24. The van der Waals surface area contributed by atoms with Gasteiger partial charge in [-0.25, -0.2) is 0 Å². The fourth-order valence-electron chi connectivity index (χ4n) is 3.34. The highest BCUT2D eigenvalue weighted by Gasteiger charge is 2.24. The Morgan fingerprint density at radius 3 is 3.11 bits per heavy atom. The fraction of sp³-hybridized carbons (Fsp3) is 0.500. The molecule has 1 aliphatic heterocycles. The number of para-hydroxylation sites is 1. The Morgan fingerprint density at radius 1 is 1.42 bits per heavy atom. The average molecular weight is 259 g/mol. The molecule has 0 amide bonds. The van der Waals surface area contributed by atoms with Crippen molar-refractivity contribution in [2.24, 2.45) is 5.92 Å². The molecule has 19 heavy (non-hydrogen) atoms. The summed E-state index contributed by atoms with van der Waals surface area (Å²) in [6.45, 7) is 5.53. The highest BCUT2D eigenvalue weighted by molar-refractivity contribution is 5.83. The highest BCUT2D eigenvalue weighted by atomic mass is 16.3. The number of piperidine rings is 1. The first kappa shape index (κ1) is 12.7. The summed E-state index contributed by atoms with van der Waals surface area (Å²) in [6.07, 6.45) is 4.22. The highest BCUT2D eigenvalue weighted by Crippen LogP contribution is 2.23. The van der Waals surface area contributed by atoms with Gasteiger partial charge < -0.3 is 15.0 Å². The molecule has 2 aromatic rings. The molecule has 3 N–H and O–H groups in total. The van der Waals surface area contributed by atoms with Crippen LogP contribution in [-0.4, -0.2) is 29.7 Å². The Bertz CT molecular complexity index is 548. The predicted octanol–water partition coefficient (Wildman–Crippen LogP) is 1.52. The summed E-state index contributed by atoms with van der Waals surface area (Å²) in [5.41, 5.74) is 2.15. The maximum absolute atomic E-state index is 10.5. The number of hydrogen-bond donors (Lipinski definition) is 3. The van der Waals surface area contributed by atoms with Gasteiger partial charge in [0, 0.05) is 28.6 Å². The van der Waals surface area contributed by atoms with E-state index in [1.54, 1.807) is 0 Å². The van der Waals surface area contributed by atoms with E-state index in [0.29, 0.717) is 0 Å². The van der Waals surface area contributed by atoms with Crippen LogP contribution >= 0.6 is 0 Å². The lowest BCUT2D eigenvalue weighted by molar-refractivity contribution is -0.912. The number of aromatic amines is 1. The first-order valence-corrected chi connectivity index (χ1v) is 7.31. The van der Waals surface area contributed by atoms with Crippen LogP contribution in [0.15, 0.2) is 30.5 Å². The first-order valence-electron chi connectivity index (χ1n) is 7.31. The molecule has 0 spiro atoms. The topological polar surface area (TPSA) is 40.5 Å². The van der Waals surface area contributed by atoms with Crippen molar-refractivity contribution in [3.05, 3.63) is 36.0 Å². The molecule has 0 radical (unpaired) electrons. The SMILES string of the molecule is C[C@@H]1CCC[NH+](C[C@H](O)c2c[nH]c3ccccc23)C1. The van der Waals surface area contributed by atoms with E-state index in [9.17, 15) is 5.11 Å². The zero-order valence-electron chi connectivity index (χ0n) is 11.5. The van der Waals surface area contributed by atoms with Crippen LogP contribution < -0.4 is 4.90 Å². The second-order valence-electron chi connectivity index (χ2n) is 5.96. The van der Waals surface area contributed by atoms with Crippen LogP contribution in [0.3, 0.4) is 0 Å². The van der Waals surface area contributed by atoms with Crippen molar-refractivity contribution in [2.45, 2.75) is 25.9 Å². The van der Waals surface area contributed by atoms with E-state index in [2.05, 4.69) is 24.0 Å². The second kappa shape index (κ2) is 5.35. The number of H-pyrrole nitrogens is 1. The van der Waals surface area contributed by atoms with Crippen LogP contribution in [0.4, 0.5) is 0 Å². The van der Waals surface area contributed by atoms with Crippen molar-refractivity contribution in [3.63, 3.8) is 0 Å². The second-order valence-corrected chi connectivity index (χ2v) is 5.96. The molecule has 1 unspecified atom stereocenters. The van der Waals surface area contributed by atoms with E-state index in [0.717, 1.165) is 28.9 Å². The van der Waals surface area contributed by atoms with Crippen molar-refractivity contribution in [1.29, 1.82) is 0 Å². The van der Waals surface area contributed by atoms with Crippen molar-refractivity contribution in [3.8, 4) is 0 Å². The molecule has 3 heteroatoms. The molecule has 1 fully saturated rings. The fourth-order valence-corrected chi connectivity index (χ4v) is 3.34. The lowest BCUT2D eigenvalue weighted by atomic mass is 9.99. The maximum Gasteiger partial charge on any atom is 0.130 e. The number of rotatable bonds is 3. The molecular weight excluding hydrogens is 236 g/mol. The van der Waals surface area contributed by atoms with Crippen molar-refractivity contribution < 1.29 is 10.0 Å². The third-order valence-electron chi connectivity index (χ3n) is 4.33. The molecule has 1 saturated heterocycles. The van der Waals surface area contributed by atoms with Crippen LogP contribution in [0, 0.1) is 5.92 Å². The van der Waals surface area contributed by atoms with E-state index in [-0.39, 0.29) is 6.10 Å². The van der Waals surface area contributed by atoms with Gasteiger partial charge in [-0.1, -0.05) is 25.1 Å². The van der Waals surface area contributed by atoms with Crippen LogP contribution in [0.25, 0.3) is 10.9 Å². The standard InChI is InChI=1S/C16H22N2O/c1-12-5-4-8-18(10-12)11-16(19)14-9-17-15-7-3-2-6-13(14)15/h2-3,6-7,9,12,16-17,19H,4-5,8,10-11H2,1H3/p+1/t12-,16+/m1/s1. The number of nitrogens with one attached hydrogen (secondary N) is 2. The van der Waals surface area contributed by atoms with Gasteiger partial charge in [0.15, 0.2) is 0 Å². The van der Waals surface area contributed by atoms with Gasteiger partial charge >= 0.3 is 0 Å². The maximum atomic E-state index is 10.5. The Labute approximate surface area is 114 Å². The number of aliphatic hydroxyl groups is 1. The Morgan fingerprint density at radius 2 is 2.26 bits per heavy atom. The molecule has 3 rings (SSSR count). The minimum atomic E-state index is -0.364. The summed E-state index contributed by atoms with van der Waals surface area (Å²) in [4.78, 5) is 4.78. The molecule has 0 bridgehead atoms. The third-order valence-corrected chi connectivity index (χ3v) is 4.33. The Kier molecular flexibility index (Phi) is 3.58. The van der Waals surface area contributed by atoms with Crippen molar-refractivity contribution >= 4 is 10.9 Å². The molecular formula is C16H23N2O+. The van der Waals surface area contributed by atoms with E-state index < -0.39 is 0 Å². The number of hydrogen-bond acceptors (Lipinski definition) is 1. The van der Waals surface area contributed by atoms with E-state index >= 15 is 0 Å². The quantitative estimate of drug-likeness (QED) is 0.768. The van der Waals surface area contributed by atoms with Gasteiger partial charge in [0.2, 0.25) is 0 Å². The predicted molar refractivity (Wildman–Crippen MR) is 77.2 cm³/mol. The normalized spacial score (nSPS) is 25.6. The lowest BCUT2D eigenvalue weighted by Gasteiger charge is -2.29. The van der Waals surface area contributed by atoms with Crippen LogP contribution in [-0.2, 0) is 0 Å². The van der Waals surface area contributed by atoms with Gasteiger partial charge in [-0.2, -0.15) is 0 Å². The molecule has 1 aromatic carbocycles. The van der Waals surface area contributed by atoms with Crippen molar-refractivity contribution in [2.75, 3.05) is 19.6 Å². The summed E-state index contributed by atoms with van der Waals surface area (Å²) in [7, 11) is 0. The van der Waals surface area contributed by atoms with Gasteiger partial charge in [0.25, 0.3) is 0 Å². The largest absolute Gasteiger partial charge is 0.382 e. The third kappa shape index (κ3) is 2.67. The number of quaternary nitrogens is 1. The monoisotopic (exact) mass is 259 g/mol. The Balaban J connectivity index is 1.74. The molecule has 2 heterocycles. The van der Waals surface area contributed by atoms with E-state index in [1.165, 1.54) is 30.8 Å². The number of benzene rings is 1. The number of fused-ring (bicyclic) bond motifs is 1. The summed E-state index contributed by atoms with van der Waals surface area (Å²) in [5.74, 6) is 0.791. The van der Waals surface area contributed by atoms with E-state index in [1.807, 2.05) is 18.3 Å². The summed E-state index contributed by atoms with van der Waals surface area (Å²) in [6, 6.07) is 8.19. The van der Waals surface area contributed by atoms with Crippen LogP contribution in [0.1, 0.15) is 31.4 Å². The molecule has 3 atom stereocenters. The summed E-state index contributed by atoms with van der Waals surface area (Å²) >= 11 is 0. The lowest BCUT2D eigenvalue weighted by Crippen LogP contribution is -3.14. The van der Waals surface area contributed by atoms with E-state index in [4.69, 9.17) is 0 Å². The molecule has 1 aliphatic rings. The minimum absolute atomic E-state index is 0.364. The van der Waals surface area contributed by atoms with Gasteiger partial charge in [0.05, 0.1) is 13.1 Å². The molecule has 102 valence electrons. The van der Waals surface area contributed by atoms with Crippen LogP contribution in [0.2, 0.25) is 0 Å². The minimum Gasteiger partial charge on any atom is -0.382 e. The van der Waals surface area contributed by atoms with Gasteiger partial charge in [-0.3, -0.25) is 0 Å². The number of likely N-dealkylation sites (tertiary alicyclic amines) is 1. The van der Waals surface area contributed by atoms with Gasteiger partial charge in [0.1, 0.15) is 12.6 Å². The molecule has 3 nitrogen and oxygen atoms in total. The number of aromatic nitrogens is 1. The van der Waals surface area contributed by atoms with Crippen molar-refractivity contribution in [1.82, 2.24) is 4.98 Å². The molecule has 0 saturated carbocycles. The Hall–Kier alpha value is -1.32.